The number of hydrogen-bond donors (Lipinski definition) is 1. The minimum absolute atomic E-state index is 0.103. The molecule has 2 aromatic rings. The van der Waals surface area contributed by atoms with Crippen LogP contribution in [0.3, 0.4) is 0 Å². The number of aromatic nitrogens is 2. The summed E-state index contributed by atoms with van der Waals surface area (Å²) in [6.45, 7) is 1.67. The first kappa shape index (κ1) is 14.0. The Morgan fingerprint density at radius 2 is 2.15 bits per heavy atom. The van der Waals surface area contributed by atoms with Crippen molar-refractivity contribution in [2.45, 2.75) is 11.9 Å². The normalized spacial score (nSPS) is 11.1. The summed E-state index contributed by atoms with van der Waals surface area (Å²) >= 11 is 0. The average Bonchev–Trinajstić information content (AvgIpc) is 2.72. The van der Waals surface area contributed by atoms with Crippen molar-refractivity contribution < 1.29 is 12.8 Å². The zero-order chi connectivity index (χ0) is 14.9. The molecule has 6 nitrogen and oxygen atoms in total. The second-order valence-electron chi connectivity index (χ2n) is 4.15. The van der Waals surface area contributed by atoms with E-state index in [9.17, 15) is 12.8 Å². The lowest BCUT2D eigenvalue weighted by Gasteiger charge is -2.06. The molecule has 20 heavy (non-hydrogen) atoms. The SMILES string of the molecule is Cc1nc(S(=O)(=O)Nc2ccc(F)c(C#N)c2)cn1C. The lowest BCUT2D eigenvalue weighted by Crippen LogP contribution is -2.13. The van der Waals surface area contributed by atoms with Gasteiger partial charge >= 0.3 is 0 Å². The molecule has 0 bridgehead atoms. The Labute approximate surface area is 115 Å². The van der Waals surface area contributed by atoms with Gasteiger partial charge < -0.3 is 4.57 Å². The first-order valence-electron chi connectivity index (χ1n) is 5.56. The third-order valence-electron chi connectivity index (χ3n) is 2.70. The molecule has 0 aliphatic heterocycles. The molecule has 104 valence electrons. The molecule has 0 saturated heterocycles. The van der Waals surface area contributed by atoms with Crippen LogP contribution in [0.1, 0.15) is 11.4 Å². The summed E-state index contributed by atoms with van der Waals surface area (Å²) in [6, 6.07) is 5.04. The monoisotopic (exact) mass is 294 g/mol. The Balaban J connectivity index is 2.36. The molecule has 0 amide bonds. The van der Waals surface area contributed by atoms with Gasteiger partial charge in [0.1, 0.15) is 17.7 Å². The van der Waals surface area contributed by atoms with E-state index < -0.39 is 15.8 Å². The van der Waals surface area contributed by atoms with Gasteiger partial charge in [-0.1, -0.05) is 0 Å². The van der Waals surface area contributed by atoms with E-state index in [4.69, 9.17) is 5.26 Å². The third kappa shape index (κ3) is 2.62. The van der Waals surface area contributed by atoms with Crippen LogP contribution in [0, 0.1) is 24.1 Å². The van der Waals surface area contributed by atoms with Crippen LogP contribution in [0.2, 0.25) is 0 Å². The molecule has 0 aliphatic carbocycles. The van der Waals surface area contributed by atoms with Gasteiger partial charge in [-0.15, -0.1) is 0 Å². The maximum absolute atomic E-state index is 13.2. The smallest absolute Gasteiger partial charge is 0.280 e. The van der Waals surface area contributed by atoms with Crippen LogP contribution in [0.15, 0.2) is 29.4 Å². The van der Waals surface area contributed by atoms with E-state index in [2.05, 4.69) is 9.71 Å². The largest absolute Gasteiger partial charge is 0.337 e. The second-order valence-corrected chi connectivity index (χ2v) is 5.78. The number of anilines is 1. The van der Waals surface area contributed by atoms with E-state index in [0.717, 1.165) is 12.1 Å². The molecular formula is C12H11FN4O2S. The average molecular weight is 294 g/mol. The lowest BCUT2D eigenvalue weighted by molar-refractivity contribution is 0.597. The number of rotatable bonds is 3. The van der Waals surface area contributed by atoms with Crippen molar-refractivity contribution in [3.05, 3.63) is 41.6 Å². The summed E-state index contributed by atoms with van der Waals surface area (Å²) in [6.07, 6.45) is 1.37. The number of nitrogens with one attached hydrogen (secondary N) is 1. The molecule has 2 rings (SSSR count). The Bertz CT molecular complexity index is 786. The highest BCUT2D eigenvalue weighted by Gasteiger charge is 2.19. The van der Waals surface area contributed by atoms with Crippen molar-refractivity contribution in [3.8, 4) is 6.07 Å². The van der Waals surface area contributed by atoms with E-state index in [1.807, 2.05) is 0 Å². The standard InChI is InChI=1S/C12H11FN4O2S/c1-8-15-12(7-17(8)2)20(18,19)16-10-3-4-11(13)9(5-10)6-14/h3-5,7,16H,1-2H3. The predicted octanol–water partition coefficient (Wildman–Crippen LogP) is 1.54. The molecule has 0 radical (unpaired) electrons. The highest BCUT2D eigenvalue weighted by Crippen LogP contribution is 2.18. The summed E-state index contributed by atoms with van der Waals surface area (Å²) < 4.78 is 41.2. The van der Waals surface area contributed by atoms with E-state index in [1.165, 1.54) is 12.3 Å². The second kappa shape index (κ2) is 4.94. The van der Waals surface area contributed by atoms with Crippen LogP contribution < -0.4 is 4.72 Å². The molecule has 1 N–H and O–H groups in total. The molecule has 0 fully saturated rings. The Morgan fingerprint density at radius 1 is 1.45 bits per heavy atom. The van der Waals surface area contributed by atoms with E-state index in [-0.39, 0.29) is 16.3 Å². The number of nitrogens with zero attached hydrogens (tertiary/aromatic N) is 3. The van der Waals surface area contributed by atoms with Gasteiger partial charge in [0.2, 0.25) is 0 Å². The summed E-state index contributed by atoms with van der Waals surface area (Å²) in [5.74, 6) is -0.161. The van der Waals surface area contributed by atoms with Gasteiger partial charge in [0.25, 0.3) is 10.0 Å². The summed E-state index contributed by atoms with van der Waals surface area (Å²) in [4.78, 5) is 3.91. The molecule has 0 unspecified atom stereocenters. The topological polar surface area (TPSA) is 87.8 Å². The Hall–Kier alpha value is -2.40. The van der Waals surface area contributed by atoms with Crippen LogP contribution in [0.25, 0.3) is 0 Å². The number of sulfonamides is 1. The molecular weight excluding hydrogens is 283 g/mol. The van der Waals surface area contributed by atoms with Gasteiger partial charge in [0.15, 0.2) is 5.03 Å². The van der Waals surface area contributed by atoms with Crippen molar-refractivity contribution in [1.82, 2.24) is 9.55 Å². The van der Waals surface area contributed by atoms with Crippen molar-refractivity contribution in [1.29, 1.82) is 5.26 Å². The fraction of sp³-hybridized carbons (Fsp3) is 0.167. The van der Waals surface area contributed by atoms with Crippen LogP contribution in [0.4, 0.5) is 10.1 Å². The third-order valence-corrected chi connectivity index (χ3v) is 3.95. The molecule has 1 aromatic carbocycles. The number of nitriles is 1. The van der Waals surface area contributed by atoms with Crippen molar-refractivity contribution in [2.75, 3.05) is 4.72 Å². The van der Waals surface area contributed by atoms with Crippen LogP contribution in [-0.4, -0.2) is 18.0 Å². The molecule has 0 atom stereocenters. The zero-order valence-electron chi connectivity index (χ0n) is 10.8. The minimum Gasteiger partial charge on any atom is -0.337 e. The number of benzene rings is 1. The first-order chi connectivity index (χ1) is 9.33. The minimum atomic E-state index is -3.87. The summed E-state index contributed by atoms with van der Waals surface area (Å²) in [5.41, 5.74) is -0.131. The van der Waals surface area contributed by atoms with Gasteiger partial charge in [0.05, 0.1) is 11.3 Å². The first-order valence-corrected chi connectivity index (χ1v) is 7.04. The fourth-order valence-electron chi connectivity index (χ4n) is 1.54. The Kier molecular flexibility index (Phi) is 3.46. The van der Waals surface area contributed by atoms with Crippen molar-refractivity contribution in [3.63, 3.8) is 0 Å². The molecule has 8 heteroatoms. The lowest BCUT2D eigenvalue weighted by atomic mass is 10.2. The van der Waals surface area contributed by atoms with E-state index in [0.29, 0.717) is 5.82 Å². The van der Waals surface area contributed by atoms with Gasteiger partial charge in [-0.25, -0.2) is 9.37 Å². The maximum Gasteiger partial charge on any atom is 0.280 e. The van der Waals surface area contributed by atoms with Gasteiger partial charge in [-0.3, -0.25) is 4.72 Å². The van der Waals surface area contributed by atoms with Gasteiger partial charge in [-0.2, -0.15) is 13.7 Å². The highest BCUT2D eigenvalue weighted by molar-refractivity contribution is 7.92. The van der Waals surface area contributed by atoms with Crippen LogP contribution in [0.5, 0.6) is 0 Å². The predicted molar refractivity (Wildman–Crippen MR) is 69.9 cm³/mol. The number of imidazole rings is 1. The molecule has 1 aromatic heterocycles. The van der Waals surface area contributed by atoms with Gasteiger partial charge in [-0.05, 0) is 25.1 Å². The van der Waals surface area contributed by atoms with Gasteiger partial charge in [0, 0.05) is 13.2 Å². The van der Waals surface area contributed by atoms with Crippen molar-refractivity contribution >= 4 is 15.7 Å². The van der Waals surface area contributed by atoms with Crippen LogP contribution >= 0.6 is 0 Å². The van der Waals surface area contributed by atoms with Crippen molar-refractivity contribution in [2.24, 2.45) is 7.05 Å². The summed E-state index contributed by atoms with van der Waals surface area (Å²) in [5, 5.41) is 8.58. The maximum atomic E-state index is 13.2. The van der Waals surface area contributed by atoms with E-state index in [1.54, 1.807) is 24.6 Å². The zero-order valence-corrected chi connectivity index (χ0v) is 11.6. The molecule has 1 heterocycles. The number of hydrogen-bond acceptors (Lipinski definition) is 4. The quantitative estimate of drug-likeness (QED) is 0.930. The molecule has 0 saturated carbocycles. The summed E-state index contributed by atoms with van der Waals surface area (Å²) in [7, 11) is -2.19. The van der Waals surface area contributed by atoms with E-state index >= 15 is 0 Å². The fourth-order valence-corrected chi connectivity index (χ4v) is 2.63. The number of halogens is 1. The molecule has 0 spiro atoms. The Morgan fingerprint density at radius 3 is 2.70 bits per heavy atom. The van der Waals surface area contributed by atoms with Crippen LogP contribution in [-0.2, 0) is 17.1 Å². The molecule has 0 aliphatic rings. The highest BCUT2D eigenvalue weighted by atomic mass is 32.2. The number of aryl methyl sites for hydroxylation is 2.